The summed E-state index contributed by atoms with van der Waals surface area (Å²) in [5.74, 6) is -1.72. The fraction of sp³-hybridized carbons (Fsp3) is 0.147. The molecule has 2 aromatic heterocycles. The number of carbonyl (C=O) groups is 3. The van der Waals surface area contributed by atoms with Gasteiger partial charge in [0.15, 0.2) is 11.2 Å². The number of nitrogens with one attached hydrogen (secondary N) is 1. The first-order valence-corrected chi connectivity index (χ1v) is 16.5. The smallest absolute Gasteiger partial charge is 0.356 e. The topological polar surface area (TPSA) is 162 Å². The fourth-order valence-corrected chi connectivity index (χ4v) is 7.00. The van der Waals surface area contributed by atoms with Crippen LogP contribution >= 0.6 is 23.3 Å². The number of hydrogen-bond donors (Lipinski definition) is 2. The first-order chi connectivity index (χ1) is 23.4. The fourth-order valence-electron chi connectivity index (χ4n) is 5.18. The van der Waals surface area contributed by atoms with E-state index in [1.165, 1.54) is 22.7 Å². The number of benzene rings is 2. The number of aromatic nitrogens is 3. The standard InChI is InChI=1S/C34H29N7O5S2/c1-3-17-45-39-25(29-38-34(35)48-40-29)30(42)37-26-31(43)41-27(24(19-47-32(26)41)20(2)23-15-10-16-36-18-23)33(44)46-28(21-11-6-4-7-12-21)22-13-8-5-9-14-22/h3-16,18,26,28,32H,1-2,17,19H2,(H,37,42)(H2,35,38,40)/b39-25-/t26?,32-/m1/s1. The second-order valence-corrected chi connectivity index (χ2v) is 12.4. The maximum Gasteiger partial charge on any atom is 0.356 e. The van der Waals surface area contributed by atoms with E-state index in [9.17, 15) is 14.4 Å². The van der Waals surface area contributed by atoms with Gasteiger partial charge in [-0.3, -0.25) is 19.5 Å². The molecule has 0 radical (unpaired) electrons. The number of rotatable bonds is 12. The number of nitrogens with zero attached hydrogens (tertiary/aromatic N) is 5. The van der Waals surface area contributed by atoms with Gasteiger partial charge in [-0.05, 0) is 28.3 Å². The van der Waals surface area contributed by atoms with Crippen molar-refractivity contribution in [2.75, 3.05) is 18.1 Å². The van der Waals surface area contributed by atoms with Gasteiger partial charge in [0.25, 0.3) is 11.8 Å². The number of β-lactam (4-membered cyclic amide) rings is 1. The third kappa shape index (κ3) is 6.61. The molecule has 1 saturated heterocycles. The minimum absolute atomic E-state index is 0.0256. The van der Waals surface area contributed by atoms with E-state index in [4.69, 9.17) is 15.3 Å². The maximum absolute atomic E-state index is 14.3. The molecular formula is C34H29N7O5S2. The minimum Gasteiger partial charge on any atom is -0.448 e. The number of amides is 2. The third-order valence-electron chi connectivity index (χ3n) is 7.47. The molecule has 12 nitrogen and oxygen atoms in total. The van der Waals surface area contributed by atoms with E-state index < -0.39 is 35.3 Å². The number of anilines is 1. The summed E-state index contributed by atoms with van der Waals surface area (Å²) in [5, 5.41) is 6.08. The van der Waals surface area contributed by atoms with Crippen LogP contribution in [0.25, 0.3) is 5.57 Å². The lowest BCUT2D eigenvalue weighted by Crippen LogP contribution is -2.71. The lowest BCUT2D eigenvalue weighted by atomic mass is 9.96. The zero-order valence-corrected chi connectivity index (χ0v) is 27.0. The van der Waals surface area contributed by atoms with Crippen LogP contribution in [0.5, 0.6) is 0 Å². The Morgan fingerprint density at radius 1 is 1.10 bits per heavy atom. The predicted octanol–water partition coefficient (Wildman–Crippen LogP) is 4.12. The van der Waals surface area contributed by atoms with Crippen LogP contribution in [0.3, 0.4) is 0 Å². The van der Waals surface area contributed by atoms with Crippen molar-refractivity contribution in [2.24, 2.45) is 5.16 Å². The Hall–Kier alpha value is -5.60. The first kappa shape index (κ1) is 32.3. The Morgan fingerprint density at radius 3 is 2.42 bits per heavy atom. The Kier molecular flexibility index (Phi) is 9.73. The van der Waals surface area contributed by atoms with Gasteiger partial charge >= 0.3 is 5.97 Å². The van der Waals surface area contributed by atoms with Crippen LogP contribution < -0.4 is 11.1 Å². The van der Waals surface area contributed by atoms with E-state index in [0.29, 0.717) is 22.5 Å². The summed E-state index contributed by atoms with van der Waals surface area (Å²) in [7, 11) is 0. The van der Waals surface area contributed by atoms with Crippen LogP contribution in [0.4, 0.5) is 5.13 Å². The number of thioether (sulfide) groups is 1. The zero-order chi connectivity index (χ0) is 33.6. The van der Waals surface area contributed by atoms with Crippen molar-refractivity contribution < 1.29 is 24.0 Å². The molecule has 6 rings (SSSR count). The summed E-state index contributed by atoms with van der Waals surface area (Å²) in [6.45, 7) is 7.85. The number of allylic oxidation sites excluding steroid dienone is 1. The van der Waals surface area contributed by atoms with Gasteiger partial charge in [-0.1, -0.05) is 91.1 Å². The van der Waals surface area contributed by atoms with Crippen molar-refractivity contribution in [3.63, 3.8) is 0 Å². The van der Waals surface area contributed by atoms with Crippen LogP contribution in [0, 0.1) is 0 Å². The molecule has 14 heteroatoms. The van der Waals surface area contributed by atoms with Crippen LogP contribution in [0.2, 0.25) is 0 Å². The quantitative estimate of drug-likeness (QED) is 0.0556. The molecule has 48 heavy (non-hydrogen) atoms. The van der Waals surface area contributed by atoms with Gasteiger partial charge in [-0.2, -0.15) is 9.36 Å². The van der Waals surface area contributed by atoms with Gasteiger partial charge in [0.1, 0.15) is 23.7 Å². The summed E-state index contributed by atoms with van der Waals surface area (Å²) in [4.78, 5) is 56.4. The first-order valence-electron chi connectivity index (χ1n) is 14.7. The van der Waals surface area contributed by atoms with Crippen LogP contribution in [-0.2, 0) is 24.0 Å². The molecule has 2 aliphatic rings. The molecule has 3 N–H and O–H groups in total. The highest BCUT2D eigenvalue weighted by molar-refractivity contribution is 8.00. The van der Waals surface area contributed by atoms with E-state index in [2.05, 4.69) is 38.0 Å². The van der Waals surface area contributed by atoms with Crippen LogP contribution in [0.1, 0.15) is 28.6 Å². The van der Waals surface area contributed by atoms with E-state index in [-0.39, 0.29) is 29.0 Å². The van der Waals surface area contributed by atoms with Crippen molar-refractivity contribution in [2.45, 2.75) is 17.5 Å². The molecule has 2 amide bonds. The molecule has 2 aromatic carbocycles. The number of ether oxygens (including phenoxy) is 1. The van der Waals surface area contributed by atoms with Gasteiger partial charge in [0, 0.05) is 35.3 Å². The lowest BCUT2D eigenvalue weighted by Gasteiger charge is -2.50. The molecule has 0 bridgehead atoms. The van der Waals surface area contributed by atoms with Crippen LogP contribution in [-0.4, -0.2) is 66.5 Å². The number of esters is 1. The molecule has 1 fully saturated rings. The highest BCUT2D eigenvalue weighted by Crippen LogP contribution is 2.44. The maximum atomic E-state index is 14.3. The highest BCUT2D eigenvalue weighted by Gasteiger charge is 2.55. The number of nitrogen functional groups attached to an aromatic ring is 1. The largest absolute Gasteiger partial charge is 0.448 e. The van der Waals surface area contributed by atoms with Gasteiger partial charge < -0.3 is 20.6 Å². The summed E-state index contributed by atoms with van der Waals surface area (Å²) >= 11 is 2.26. The molecule has 0 aliphatic carbocycles. The molecule has 2 aliphatic heterocycles. The number of carbonyl (C=O) groups excluding carboxylic acids is 3. The SMILES string of the molecule is C=CCO/N=C(\C(=O)NC1C(=O)N2C(C(=O)OC(c3ccccc3)c3ccccc3)=C(C(=C)c3cccnc3)CS[C@H]12)c1nsc(N)n1. The molecule has 242 valence electrons. The summed E-state index contributed by atoms with van der Waals surface area (Å²) in [6.07, 6.45) is 3.98. The highest BCUT2D eigenvalue weighted by atomic mass is 32.2. The minimum atomic E-state index is -1.00. The monoisotopic (exact) mass is 679 g/mol. The van der Waals surface area contributed by atoms with E-state index in [0.717, 1.165) is 22.7 Å². The molecule has 4 aromatic rings. The van der Waals surface area contributed by atoms with E-state index in [1.807, 2.05) is 66.7 Å². The van der Waals surface area contributed by atoms with Crippen LogP contribution in [0.15, 0.2) is 121 Å². The third-order valence-corrected chi connectivity index (χ3v) is 9.29. The number of fused-ring (bicyclic) bond motifs is 1. The van der Waals surface area contributed by atoms with Gasteiger partial charge in [-0.15, -0.1) is 11.8 Å². The molecule has 0 saturated carbocycles. The van der Waals surface area contributed by atoms with Gasteiger partial charge in [0.05, 0.1) is 0 Å². The molecule has 4 heterocycles. The van der Waals surface area contributed by atoms with Crippen molar-refractivity contribution in [3.8, 4) is 0 Å². The summed E-state index contributed by atoms with van der Waals surface area (Å²) in [5.41, 5.74) is 8.78. The van der Waals surface area contributed by atoms with Gasteiger partial charge in [-0.25, -0.2) is 4.79 Å². The average Bonchev–Trinajstić information content (AvgIpc) is 3.56. The van der Waals surface area contributed by atoms with Crippen molar-refractivity contribution in [3.05, 3.63) is 138 Å². The van der Waals surface area contributed by atoms with Crippen molar-refractivity contribution in [1.82, 2.24) is 24.6 Å². The Bertz CT molecular complexity index is 1880. The summed E-state index contributed by atoms with van der Waals surface area (Å²) < 4.78 is 10.3. The Labute approximate surface area is 284 Å². The lowest BCUT2D eigenvalue weighted by molar-refractivity contribution is -0.154. The van der Waals surface area contributed by atoms with Crippen molar-refractivity contribution >= 4 is 57.5 Å². The van der Waals surface area contributed by atoms with E-state index >= 15 is 0 Å². The second kappa shape index (κ2) is 14.4. The van der Waals surface area contributed by atoms with Gasteiger partial charge in [0.2, 0.25) is 11.5 Å². The number of hydrogen-bond acceptors (Lipinski definition) is 12. The predicted molar refractivity (Wildman–Crippen MR) is 183 cm³/mol. The molecular weight excluding hydrogens is 651 g/mol. The molecule has 2 atom stereocenters. The zero-order valence-electron chi connectivity index (χ0n) is 25.4. The average molecular weight is 680 g/mol. The molecule has 1 unspecified atom stereocenters. The Balaban J connectivity index is 1.32. The normalized spacial score (nSPS) is 17.3. The number of pyridine rings is 1. The Morgan fingerprint density at radius 2 is 1.81 bits per heavy atom. The molecule has 0 spiro atoms. The second-order valence-electron chi connectivity index (χ2n) is 10.5. The van der Waals surface area contributed by atoms with Crippen molar-refractivity contribution in [1.29, 1.82) is 0 Å². The number of oxime groups is 1. The van der Waals surface area contributed by atoms with E-state index in [1.54, 1.807) is 18.5 Å². The summed E-state index contributed by atoms with van der Waals surface area (Å²) in [6, 6.07) is 21.3. The number of nitrogens with two attached hydrogens (primary N) is 1.